The topological polar surface area (TPSA) is 60.8 Å². The third kappa shape index (κ3) is 7.74. The number of hydrogen-bond acceptors (Lipinski definition) is 3. The van der Waals surface area contributed by atoms with E-state index < -0.39 is 5.97 Å². The van der Waals surface area contributed by atoms with Gasteiger partial charge in [0.25, 0.3) is 0 Å². The summed E-state index contributed by atoms with van der Waals surface area (Å²) >= 11 is 0. The van der Waals surface area contributed by atoms with Gasteiger partial charge in [-0.05, 0) is 25.9 Å². The molecule has 0 spiro atoms. The standard InChI is InChI=1S/C9H19NO3/c1-2-10(7-8-11)6-4-3-5-9(12)13/h11H,2-8H2,1H3,(H,12,13). The van der Waals surface area contributed by atoms with Crippen molar-refractivity contribution in [2.45, 2.75) is 26.2 Å². The van der Waals surface area contributed by atoms with Crippen molar-refractivity contribution in [3.05, 3.63) is 0 Å². The van der Waals surface area contributed by atoms with Crippen molar-refractivity contribution in [2.75, 3.05) is 26.2 Å². The fourth-order valence-corrected chi connectivity index (χ4v) is 1.18. The number of unbranched alkanes of at least 4 members (excludes halogenated alkanes) is 1. The van der Waals surface area contributed by atoms with Crippen LogP contribution in [0.5, 0.6) is 0 Å². The van der Waals surface area contributed by atoms with Crippen LogP contribution in [0.3, 0.4) is 0 Å². The van der Waals surface area contributed by atoms with Crippen LogP contribution in [-0.2, 0) is 4.79 Å². The summed E-state index contributed by atoms with van der Waals surface area (Å²) in [6.45, 7) is 4.68. The van der Waals surface area contributed by atoms with Crippen LogP contribution < -0.4 is 0 Å². The number of hydrogen-bond donors (Lipinski definition) is 2. The number of aliphatic carboxylic acids is 1. The average Bonchev–Trinajstić information content (AvgIpc) is 2.10. The second-order valence-corrected chi connectivity index (χ2v) is 3.01. The molecule has 0 aromatic heterocycles. The van der Waals surface area contributed by atoms with Crippen LogP contribution in [0.2, 0.25) is 0 Å². The minimum absolute atomic E-state index is 0.173. The summed E-state index contributed by atoms with van der Waals surface area (Å²) < 4.78 is 0. The smallest absolute Gasteiger partial charge is 0.303 e. The zero-order chi connectivity index (χ0) is 10.1. The van der Waals surface area contributed by atoms with Crippen LogP contribution in [0.25, 0.3) is 0 Å². The van der Waals surface area contributed by atoms with Crippen LogP contribution in [0.4, 0.5) is 0 Å². The normalized spacial score (nSPS) is 10.7. The number of rotatable bonds is 8. The van der Waals surface area contributed by atoms with Crippen LogP contribution >= 0.6 is 0 Å². The molecule has 0 aromatic carbocycles. The largest absolute Gasteiger partial charge is 0.481 e. The molecule has 13 heavy (non-hydrogen) atoms. The Morgan fingerprint density at radius 1 is 1.31 bits per heavy atom. The zero-order valence-corrected chi connectivity index (χ0v) is 8.20. The third-order valence-electron chi connectivity index (χ3n) is 1.98. The second kappa shape index (κ2) is 8.01. The number of likely N-dealkylation sites (N-methyl/N-ethyl adjacent to an activating group) is 1. The highest BCUT2D eigenvalue weighted by Crippen LogP contribution is 1.98. The highest BCUT2D eigenvalue weighted by atomic mass is 16.4. The lowest BCUT2D eigenvalue weighted by molar-refractivity contribution is -0.137. The van der Waals surface area contributed by atoms with Gasteiger partial charge in [-0.3, -0.25) is 4.79 Å². The van der Waals surface area contributed by atoms with Gasteiger partial charge < -0.3 is 15.1 Å². The molecule has 0 bridgehead atoms. The molecular weight excluding hydrogens is 170 g/mol. The summed E-state index contributed by atoms with van der Waals surface area (Å²) in [6, 6.07) is 0. The van der Waals surface area contributed by atoms with Crippen molar-refractivity contribution in [1.29, 1.82) is 0 Å². The fraction of sp³-hybridized carbons (Fsp3) is 0.889. The molecule has 0 saturated heterocycles. The molecule has 0 aliphatic heterocycles. The van der Waals surface area contributed by atoms with Crippen molar-refractivity contribution in [1.82, 2.24) is 4.90 Å². The Kier molecular flexibility index (Phi) is 7.63. The molecule has 0 aromatic rings. The van der Waals surface area contributed by atoms with E-state index in [0.717, 1.165) is 25.9 Å². The molecule has 0 saturated carbocycles. The van der Waals surface area contributed by atoms with Gasteiger partial charge in [0, 0.05) is 13.0 Å². The molecule has 0 aliphatic carbocycles. The summed E-state index contributed by atoms with van der Waals surface area (Å²) in [4.78, 5) is 12.3. The molecular formula is C9H19NO3. The molecule has 0 rings (SSSR count). The maximum atomic E-state index is 10.2. The minimum atomic E-state index is -0.731. The highest BCUT2D eigenvalue weighted by Gasteiger charge is 2.01. The summed E-state index contributed by atoms with van der Waals surface area (Å²) in [6.07, 6.45) is 1.86. The van der Waals surface area contributed by atoms with Crippen LogP contribution in [-0.4, -0.2) is 47.3 Å². The van der Waals surface area contributed by atoms with Gasteiger partial charge in [-0.2, -0.15) is 0 Å². The van der Waals surface area contributed by atoms with E-state index in [0.29, 0.717) is 6.54 Å². The van der Waals surface area contributed by atoms with Gasteiger partial charge >= 0.3 is 5.97 Å². The van der Waals surface area contributed by atoms with Gasteiger partial charge in [-0.15, -0.1) is 0 Å². The van der Waals surface area contributed by atoms with Gasteiger partial charge in [0.1, 0.15) is 0 Å². The molecule has 0 amide bonds. The minimum Gasteiger partial charge on any atom is -0.481 e. The van der Waals surface area contributed by atoms with Crippen molar-refractivity contribution in [3.63, 3.8) is 0 Å². The molecule has 0 aliphatic rings. The van der Waals surface area contributed by atoms with Crippen LogP contribution in [0.15, 0.2) is 0 Å². The lowest BCUT2D eigenvalue weighted by Crippen LogP contribution is -2.27. The Bertz CT molecular complexity index is 139. The molecule has 0 radical (unpaired) electrons. The van der Waals surface area contributed by atoms with E-state index in [1.807, 2.05) is 6.92 Å². The number of aliphatic hydroxyl groups is 1. The number of carboxylic acid groups (broad SMARTS) is 1. The lowest BCUT2D eigenvalue weighted by atomic mass is 10.2. The fourth-order valence-electron chi connectivity index (χ4n) is 1.18. The summed E-state index contributed by atoms with van der Waals surface area (Å²) in [5.41, 5.74) is 0. The van der Waals surface area contributed by atoms with E-state index in [2.05, 4.69) is 4.90 Å². The first kappa shape index (κ1) is 12.4. The molecule has 2 N–H and O–H groups in total. The number of carboxylic acids is 1. The van der Waals surface area contributed by atoms with Crippen molar-refractivity contribution >= 4 is 5.97 Å². The summed E-state index contributed by atoms with van der Waals surface area (Å²) in [5, 5.41) is 17.1. The highest BCUT2D eigenvalue weighted by molar-refractivity contribution is 5.66. The van der Waals surface area contributed by atoms with E-state index in [1.165, 1.54) is 0 Å². The Morgan fingerprint density at radius 2 is 2.00 bits per heavy atom. The molecule has 0 unspecified atom stereocenters. The SMILES string of the molecule is CCN(CCO)CCCCC(=O)O. The van der Waals surface area contributed by atoms with Gasteiger partial charge in [0.05, 0.1) is 6.61 Å². The van der Waals surface area contributed by atoms with Crippen LogP contribution in [0.1, 0.15) is 26.2 Å². The predicted molar refractivity (Wildman–Crippen MR) is 50.7 cm³/mol. The first-order valence-corrected chi connectivity index (χ1v) is 4.75. The maximum Gasteiger partial charge on any atom is 0.303 e. The second-order valence-electron chi connectivity index (χ2n) is 3.01. The first-order valence-electron chi connectivity index (χ1n) is 4.75. The third-order valence-corrected chi connectivity index (χ3v) is 1.98. The Hall–Kier alpha value is -0.610. The molecule has 4 heteroatoms. The van der Waals surface area contributed by atoms with Gasteiger partial charge in [-0.25, -0.2) is 0 Å². The monoisotopic (exact) mass is 189 g/mol. The molecule has 0 atom stereocenters. The maximum absolute atomic E-state index is 10.2. The number of carbonyl (C=O) groups is 1. The van der Waals surface area contributed by atoms with Crippen LogP contribution in [0, 0.1) is 0 Å². The van der Waals surface area contributed by atoms with E-state index in [1.54, 1.807) is 0 Å². The average molecular weight is 189 g/mol. The Balaban J connectivity index is 3.32. The van der Waals surface area contributed by atoms with E-state index >= 15 is 0 Å². The Morgan fingerprint density at radius 3 is 2.46 bits per heavy atom. The number of aliphatic hydroxyl groups excluding tert-OH is 1. The quantitative estimate of drug-likeness (QED) is 0.548. The van der Waals surface area contributed by atoms with E-state index in [-0.39, 0.29) is 13.0 Å². The van der Waals surface area contributed by atoms with E-state index in [4.69, 9.17) is 10.2 Å². The van der Waals surface area contributed by atoms with Crippen molar-refractivity contribution < 1.29 is 15.0 Å². The molecule has 0 heterocycles. The summed E-state index contributed by atoms with van der Waals surface area (Å²) in [7, 11) is 0. The Labute approximate surface area is 79.2 Å². The van der Waals surface area contributed by atoms with Gasteiger partial charge in [0.15, 0.2) is 0 Å². The summed E-state index contributed by atoms with van der Waals surface area (Å²) in [5.74, 6) is -0.731. The van der Waals surface area contributed by atoms with Gasteiger partial charge in [0.2, 0.25) is 0 Å². The number of nitrogens with zero attached hydrogens (tertiary/aromatic N) is 1. The lowest BCUT2D eigenvalue weighted by Gasteiger charge is -2.18. The zero-order valence-electron chi connectivity index (χ0n) is 8.20. The first-order chi connectivity index (χ1) is 6.20. The predicted octanol–water partition coefficient (Wildman–Crippen LogP) is 0.556. The van der Waals surface area contributed by atoms with Crippen molar-refractivity contribution in [2.24, 2.45) is 0 Å². The van der Waals surface area contributed by atoms with Crippen molar-refractivity contribution in [3.8, 4) is 0 Å². The molecule has 78 valence electrons. The van der Waals surface area contributed by atoms with E-state index in [9.17, 15) is 4.79 Å². The molecule has 0 fully saturated rings. The van der Waals surface area contributed by atoms with Gasteiger partial charge in [-0.1, -0.05) is 6.92 Å². The molecule has 4 nitrogen and oxygen atoms in total.